The standard InChI is InChI=1S/C9H11NOS/c11-9(10-7-12)8-5-3-1-2-4-6-8/h5H,1-4,6H2. The molecule has 2 nitrogen and oxygen atoms in total. The summed E-state index contributed by atoms with van der Waals surface area (Å²) in [6.07, 6.45) is 7.29. The Labute approximate surface area is 77.4 Å². The molecule has 0 fully saturated rings. The van der Waals surface area contributed by atoms with Crippen molar-refractivity contribution in [1.29, 1.82) is 0 Å². The lowest BCUT2D eigenvalue weighted by atomic mass is 10.1. The number of nitrogens with zero attached hydrogens (tertiary/aromatic N) is 1. The topological polar surface area (TPSA) is 29.4 Å². The molecule has 0 heterocycles. The summed E-state index contributed by atoms with van der Waals surface area (Å²) < 4.78 is 0. The fourth-order valence-electron chi connectivity index (χ4n) is 1.32. The van der Waals surface area contributed by atoms with Crippen LogP contribution >= 0.6 is 12.2 Å². The zero-order valence-corrected chi connectivity index (χ0v) is 7.69. The Balaban J connectivity index is 2.64. The zero-order valence-electron chi connectivity index (χ0n) is 6.88. The van der Waals surface area contributed by atoms with Crippen LogP contribution in [0, 0.1) is 0 Å². The van der Waals surface area contributed by atoms with Gasteiger partial charge in [0.25, 0.3) is 5.91 Å². The van der Waals surface area contributed by atoms with Crippen LogP contribution < -0.4 is 0 Å². The van der Waals surface area contributed by atoms with E-state index in [9.17, 15) is 4.79 Å². The van der Waals surface area contributed by atoms with Crippen LogP contribution in [0.5, 0.6) is 0 Å². The van der Waals surface area contributed by atoms with Crippen molar-refractivity contribution in [3.05, 3.63) is 11.6 Å². The van der Waals surface area contributed by atoms with Gasteiger partial charge in [0.1, 0.15) is 0 Å². The molecule has 0 atom stereocenters. The molecule has 64 valence electrons. The van der Waals surface area contributed by atoms with E-state index in [2.05, 4.69) is 22.4 Å². The highest BCUT2D eigenvalue weighted by atomic mass is 32.1. The molecule has 0 spiro atoms. The lowest BCUT2D eigenvalue weighted by Crippen LogP contribution is -1.97. The number of carbonyl (C=O) groups is 1. The Morgan fingerprint density at radius 2 is 2.33 bits per heavy atom. The molecule has 1 amide bonds. The fourth-order valence-corrected chi connectivity index (χ4v) is 1.41. The van der Waals surface area contributed by atoms with E-state index in [1.54, 1.807) is 0 Å². The Kier molecular flexibility index (Phi) is 3.85. The maximum atomic E-state index is 11.2. The number of amides is 1. The number of isothiocyanates is 1. The molecule has 0 aromatic carbocycles. The van der Waals surface area contributed by atoms with Crippen molar-refractivity contribution < 1.29 is 4.79 Å². The van der Waals surface area contributed by atoms with Crippen molar-refractivity contribution in [3.8, 4) is 0 Å². The van der Waals surface area contributed by atoms with Gasteiger partial charge in [-0.15, -0.1) is 0 Å². The van der Waals surface area contributed by atoms with Gasteiger partial charge in [0.05, 0.1) is 5.16 Å². The van der Waals surface area contributed by atoms with E-state index in [0.29, 0.717) is 0 Å². The van der Waals surface area contributed by atoms with Gasteiger partial charge in [0, 0.05) is 5.57 Å². The highest BCUT2D eigenvalue weighted by Gasteiger charge is 2.09. The summed E-state index contributed by atoms with van der Waals surface area (Å²) in [4.78, 5) is 14.6. The van der Waals surface area contributed by atoms with Crippen molar-refractivity contribution in [2.75, 3.05) is 0 Å². The second-order valence-corrected chi connectivity index (χ2v) is 3.02. The van der Waals surface area contributed by atoms with Crippen LogP contribution in [0.3, 0.4) is 0 Å². The number of hydrogen-bond donors (Lipinski definition) is 0. The first-order valence-corrected chi connectivity index (χ1v) is 4.56. The summed E-state index contributed by atoms with van der Waals surface area (Å²) in [5.41, 5.74) is 0.810. The SMILES string of the molecule is O=C(N=C=S)C1=CCCCCC1. The van der Waals surface area contributed by atoms with Gasteiger partial charge in [0.2, 0.25) is 0 Å². The number of rotatable bonds is 1. The highest BCUT2D eigenvalue weighted by molar-refractivity contribution is 7.78. The second-order valence-electron chi connectivity index (χ2n) is 2.84. The molecule has 0 aromatic heterocycles. The van der Waals surface area contributed by atoms with E-state index >= 15 is 0 Å². The number of carbonyl (C=O) groups excluding carboxylic acids is 1. The molecule has 0 aromatic rings. The molecule has 0 unspecified atom stereocenters. The molecule has 0 bridgehead atoms. The number of hydrogen-bond acceptors (Lipinski definition) is 2. The van der Waals surface area contributed by atoms with Crippen molar-refractivity contribution in [3.63, 3.8) is 0 Å². The summed E-state index contributed by atoms with van der Waals surface area (Å²) in [6.45, 7) is 0. The predicted octanol–water partition coefficient (Wildman–Crippen LogP) is 2.51. The summed E-state index contributed by atoms with van der Waals surface area (Å²) >= 11 is 4.37. The third-order valence-electron chi connectivity index (χ3n) is 1.96. The first kappa shape index (κ1) is 9.30. The van der Waals surface area contributed by atoms with Crippen LogP contribution in [0.4, 0.5) is 0 Å². The third kappa shape index (κ3) is 2.68. The summed E-state index contributed by atoms with van der Waals surface area (Å²) in [6, 6.07) is 0. The maximum Gasteiger partial charge on any atom is 0.281 e. The minimum atomic E-state index is -0.202. The van der Waals surface area contributed by atoms with E-state index in [-0.39, 0.29) is 5.91 Å². The smallest absolute Gasteiger partial charge is 0.266 e. The Morgan fingerprint density at radius 3 is 3.08 bits per heavy atom. The maximum absolute atomic E-state index is 11.2. The van der Waals surface area contributed by atoms with Crippen LogP contribution in [-0.2, 0) is 4.79 Å². The molecule has 0 N–H and O–H groups in total. The first-order chi connectivity index (χ1) is 5.84. The van der Waals surface area contributed by atoms with E-state index in [4.69, 9.17) is 0 Å². The monoisotopic (exact) mass is 181 g/mol. The van der Waals surface area contributed by atoms with Crippen LogP contribution in [0.2, 0.25) is 0 Å². The minimum Gasteiger partial charge on any atom is -0.266 e. The largest absolute Gasteiger partial charge is 0.281 e. The van der Waals surface area contributed by atoms with Gasteiger partial charge >= 0.3 is 0 Å². The van der Waals surface area contributed by atoms with Crippen molar-refractivity contribution >= 4 is 23.3 Å². The third-order valence-corrected chi connectivity index (χ3v) is 2.05. The van der Waals surface area contributed by atoms with E-state index in [1.807, 2.05) is 6.08 Å². The van der Waals surface area contributed by atoms with E-state index in [1.165, 1.54) is 12.8 Å². The van der Waals surface area contributed by atoms with Gasteiger partial charge in [-0.1, -0.05) is 12.5 Å². The van der Waals surface area contributed by atoms with E-state index in [0.717, 1.165) is 24.8 Å². The molecule has 1 rings (SSSR count). The first-order valence-electron chi connectivity index (χ1n) is 4.16. The molecule has 1 aliphatic rings. The normalized spacial score (nSPS) is 17.2. The molecule has 0 saturated carbocycles. The van der Waals surface area contributed by atoms with Gasteiger partial charge in [0.15, 0.2) is 0 Å². The molecule has 12 heavy (non-hydrogen) atoms. The van der Waals surface area contributed by atoms with Crippen LogP contribution in [0.1, 0.15) is 32.1 Å². The molecule has 0 saturated heterocycles. The summed E-state index contributed by atoms with van der Waals surface area (Å²) in [5, 5.41) is 2.10. The van der Waals surface area contributed by atoms with Crippen molar-refractivity contribution in [2.45, 2.75) is 32.1 Å². The number of aliphatic imine (C=N–C) groups is 1. The van der Waals surface area contributed by atoms with Crippen LogP contribution in [0.25, 0.3) is 0 Å². The lowest BCUT2D eigenvalue weighted by molar-refractivity contribution is -0.114. The highest BCUT2D eigenvalue weighted by Crippen LogP contribution is 2.17. The lowest BCUT2D eigenvalue weighted by Gasteiger charge is -1.96. The number of thiocarbonyl (C=S) groups is 1. The molecular formula is C9H11NOS. The van der Waals surface area contributed by atoms with Gasteiger partial charge in [-0.3, -0.25) is 4.79 Å². The Morgan fingerprint density at radius 1 is 1.50 bits per heavy atom. The Hall–Kier alpha value is -0.790. The minimum absolute atomic E-state index is 0.202. The van der Waals surface area contributed by atoms with Gasteiger partial charge < -0.3 is 0 Å². The molecule has 0 aliphatic heterocycles. The van der Waals surface area contributed by atoms with Gasteiger partial charge in [-0.25, -0.2) is 0 Å². The fraction of sp³-hybridized carbons (Fsp3) is 0.556. The van der Waals surface area contributed by atoms with Crippen molar-refractivity contribution in [2.24, 2.45) is 4.99 Å². The molecule has 1 aliphatic carbocycles. The molecular weight excluding hydrogens is 170 g/mol. The predicted molar refractivity (Wildman–Crippen MR) is 51.2 cm³/mol. The summed E-state index contributed by atoms with van der Waals surface area (Å²) in [7, 11) is 0. The van der Waals surface area contributed by atoms with Crippen molar-refractivity contribution in [1.82, 2.24) is 0 Å². The van der Waals surface area contributed by atoms with Crippen LogP contribution in [0.15, 0.2) is 16.6 Å². The van der Waals surface area contributed by atoms with Gasteiger partial charge in [-0.2, -0.15) is 4.99 Å². The van der Waals surface area contributed by atoms with E-state index < -0.39 is 0 Å². The Bertz CT molecular complexity index is 251. The average molecular weight is 181 g/mol. The molecule has 0 radical (unpaired) electrons. The molecule has 3 heteroatoms. The second kappa shape index (κ2) is 4.96. The zero-order chi connectivity index (χ0) is 8.81. The average Bonchev–Trinajstić information content (AvgIpc) is 2.32. The number of allylic oxidation sites excluding steroid dienone is 1. The quantitative estimate of drug-likeness (QED) is 0.459. The summed E-state index contributed by atoms with van der Waals surface area (Å²) in [5.74, 6) is -0.202. The van der Waals surface area contributed by atoms with Crippen LogP contribution in [-0.4, -0.2) is 11.1 Å². The van der Waals surface area contributed by atoms with Gasteiger partial charge in [-0.05, 0) is 37.9 Å².